The summed E-state index contributed by atoms with van der Waals surface area (Å²) < 4.78 is 188. The summed E-state index contributed by atoms with van der Waals surface area (Å²) in [6, 6.07) is 22.1. The van der Waals surface area contributed by atoms with Gasteiger partial charge < -0.3 is 15.7 Å². The first kappa shape index (κ1) is 54.8. The van der Waals surface area contributed by atoms with E-state index in [0.717, 1.165) is 24.3 Å². The van der Waals surface area contributed by atoms with Crippen molar-refractivity contribution in [2.75, 3.05) is 20.1 Å². The Kier molecular flexibility index (Phi) is 15.2. The summed E-state index contributed by atoms with van der Waals surface area (Å²) >= 11 is 0. The van der Waals surface area contributed by atoms with Gasteiger partial charge in [0.05, 0.1) is 53.7 Å². The third-order valence-electron chi connectivity index (χ3n) is 9.91. The van der Waals surface area contributed by atoms with Crippen LogP contribution < -0.4 is 20.1 Å². The second-order valence-corrected chi connectivity index (χ2v) is 24.3. The van der Waals surface area contributed by atoms with Crippen molar-refractivity contribution in [3.8, 4) is 6.01 Å². The van der Waals surface area contributed by atoms with Crippen molar-refractivity contribution in [1.29, 1.82) is 0 Å². The molecule has 28 nitrogen and oxygen atoms in total. The topological polar surface area (TPSA) is 442 Å². The van der Waals surface area contributed by atoms with E-state index >= 15 is 0 Å². The van der Waals surface area contributed by atoms with Crippen LogP contribution in [0.3, 0.4) is 0 Å². The standard InChI is InChI=1S/C41H35N11O17S6/c1-23-19-27(7-15-33(23)49-47-25-3-9-29(10-4-25)70(54,55)51-35-21-31(72(58,59)60)13-17-37(35)74(64,65)66)42-39-44-40(46-41(53)45-39)43-28-8-16-34(24(2)20-28)50-48-26-5-11-30(12-6-26)71(56,57)52-36-22-32(73(61,62)63)14-18-38(36)75(67,68)69/h3-22,51-52H,1-2H3,(H,58,59,60)(H,61,62,63)(H,64,65,66)(H,67,68,69)(H3,42,43,44,45,46,53)/b49-47+,50-48+. The Hall–Kier alpha value is -7.93. The molecule has 7 rings (SSSR count). The molecule has 6 aromatic carbocycles. The number of hydrogen-bond donors (Lipinski definition) is 9. The molecule has 392 valence electrons. The molecule has 0 aliphatic heterocycles. The summed E-state index contributed by atoms with van der Waals surface area (Å²) in [6.07, 6.45) is 0. The van der Waals surface area contributed by atoms with Crippen LogP contribution in [-0.2, 0) is 60.5 Å². The van der Waals surface area contributed by atoms with Crippen LogP contribution in [0.15, 0.2) is 171 Å². The number of sulfonamides is 2. The van der Waals surface area contributed by atoms with Crippen LogP contribution in [0, 0.1) is 13.8 Å². The maximum absolute atomic E-state index is 13.1. The highest BCUT2D eigenvalue weighted by molar-refractivity contribution is 7.93. The lowest BCUT2D eigenvalue weighted by Crippen LogP contribution is -2.16. The molecular formula is C41H35N11O17S6. The quantitative estimate of drug-likeness (QED) is 0.0305. The van der Waals surface area contributed by atoms with Crippen LogP contribution in [0.2, 0.25) is 0 Å². The lowest BCUT2D eigenvalue weighted by atomic mass is 10.2. The Labute approximate surface area is 426 Å². The molecule has 0 radical (unpaired) electrons. The smallest absolute Gasteiger partial charge is 0.320 e. The molecule has 1 aromatic heterocycles. The fourth-order valence-electron chi connectivity index (χ4n) is 6.39. The van der Waals surface area contributed by atoms with Crippen LogP contribution >= 0.6 is 0 Å². The minimum atomic E-state index is -5.04. The van der Waals surface area contributed by atoms with Crippen molar-refractivity contribution in [2.24, 2.45) is 20.5 Å². The van der Waals surface area contributed by atoms with E-state index in [9.17, 15) is 73.8 Å². The average molecular weight is 1150 g/mol. The van der Waals surface area contributed by atoms with Gasteiger partial charge in [0.1, 0.15) is 9.79 Å². The highest BCUT2D eigenvalue weighted by Crippen LogP contribution is 2.33. The van der Waals surface area contributed by atoms with E-state index < -0.39 is 107 Å². The van der Waals surface area contributed by atoms with Gasteiger partial charge >= 0.3 is 6.01 Å². The molecule has 75 heavy (non-hydrogen) atoms. The molecule has 0 spiro atoms. The Morgan fingerprint density at radius 2 is 0.747 bits per heavy atom. The molecule has 0 aliphatic rings. The number of anilines is 6. The minimum Gasteiger partial charge on any atom is -0.479 e. The van der Waals surface area contributed by atoms with Crippen molar-refractivity contribution in [3.05, 3.63) is 132 Å². The van der Waals surface area contributed by atoms with E-state index in [-0.39, 0.29) is 23.3 Å². The highest BCUT2D eigenvalue weighted by atomic mass is 32.2. The molecule has 0 fully saturated rings. The molecule has 0 saturated heterocycles. The summed E-state index contributed by atoms with van der Waals surface area (Å²) in [5.74, 6) is -0.121. The molecule has 0 saturated carbocycles. The monoisotopic (exact) mass is 1150 g/mol. The summed E-state index contributed by atoms with van der Waals surface area (Å²) in [5.41, 5.74) is 1.57. The first-order chi connectivity index (χ1) is 34.8. The molecule has 0 aliphatic carbocycles. The molecule has 0 amide bonds. The molecule has 0 atom stereocenters. The van der Waals surface area contributed by atoms with Gasteiger partial charge in [0.25, 0.3) is 60.5 Å². The number of aromatic hydroxyl groups is 1. The lowest BCUT2D eigenvalue weighted by Gasteiger charge is -2.12. The number of aryl methyl sites for hydroxylation is 2. The van der Waals surface area contributed by atoms with Crippen LogP contribution in [0.5, 0.6) is 6.01 Å². The van der Waals surface area contributed by atoms with E-state index in [4.69, 9.17) is 0 Å². The zero-order valence-electron chi connectivity index (χ0n) is 37.8. The zero-order valence-corrected chi connectivity index (χ0v) is 42.7. The minimum absolute atomic E-state index is 0.0606. The first-order valence-electron chi connectivity index (χ1n) is 20.3. The maximum Gasteiger partial charge on any atom is 0.320 e. The Morgan fingerprint density at radius 1 is 0.400 bits per heavy atom. The Balaban J connectivity index is 0.973. The van der Waals surface area contributed by atoms with Gasteiger partial charge in [0, 0.05) is 11.4 Å². The van der Waals surface area contributed by atoms with Gasteiger partial charge in [-0.15, -0.1) is 0 Å². The van der Waals surface area contributed by atoms with Gasteiger partial charge in [-0.25, -0.2) is 16.8 Å². The lowest BCUT2D eigenvalue weighted by molar-refractivity contribution is 0.430. The molecule has 34 heteroatoms. The second kappa shape index (κ2) is 20.8. The van der Waals surface area contributed by atoms with Crippen LogP contribution in [0.25, 0.3) is 0 Å². The summed E-state index contributed by atoms with van der Waals surface area (Å²) in [5, 5.41) is 32.9. The van der Waals surface area contributed by atoms with Gasteiger partial charge in [-0.3, -0.25) is 27.7 Å². The number of benzene rings is 6. The number of nitrogens with zero attached hydrogens (tertiary/aromatic N) is 7. The van der Waals surface area contributed by atoms with E-state index in [2.05, 4.69) is 46.0 Å². The molecule has 7 aromatic rings. The van der Waals surface area contributed by atoms with Gasteiger partial charge in [0.2, 0.25) is 11.9 Å². The Bertz CT molecular complexity index is 3920. The van der Waals surface area contributed by atoms with Gasteiger partial charge in [0.15, 0.2) is 0 Å². The number of hydrogen-bond acceptors (Lipinski definition) is 22. The van der Waals surface area contributed by atoms with Crippen LogP contribution in [0.1, 0.15) is 11.1 Å². The molecule has 0 unspecified atom stereocenters. The van der Waals surface area contributed by atoms with Gasteiger partial charge in [-0.05, 0) is 146 Å². The maximum atomic E-state index is 13.1. The number of nitrogens with one attached hydrogen (secondary N) is 4. The van der Waals surface area contributed by atoms with Crippen LogP contribution in [0.4, 0.5) is 57.4 Å². The SMILES string of the molecule is Cc1cc(Nc2nc(O)nc(Nc3ccc(/N=N/c4ccc(S(=O)(=O)Nc5cc(S(=O)(=O)O)ccc5S(=O)(=O)O)cc4)c(C)c3)n2)ccc1/N=N/c1ccc(S(=O)(=O)Nc2cc(S(=O)(=O)O)ccc2S(=O)(=O)O)cc1. The first-order valence-corrected chi connectivity index (χ1v) is 29.0. The Morgan fingerprint density at radius 3 is 1.07 bits per heavy atom. The van der Waals surface area contributed by atoms with E-state index in [1.165, 1.54) is 24.3 Å². The van der Waals surface area contributed by atoms with Crippen molar-refractivity contribution >= 4 is 118 Å². The van der Waals surface area contributed by atoms with Crippen molar-refractivity contribution in [2.45, 2.75) is 43.2 Å². The summed E-state index contributed by atoms with van der Waals surface area (Å²) in [6.45, 7) is 3.42. The largest absolute Gasteiger partial charge is 0.479 e. The third-order valence-corrected chi connectivity index (χ3v) is 16.2. The fourth-order valence-corrected chi connectivity index (χ4v) is 10.9. The van der Waals surface area contributed by atoms with Crippen molar-refractivity contribution in [3.63, 3.8) is 0 Å². The summed E-state index contributed by atoms with van der Waals surface area (Å²) in [7, 11) is -29.0. The van der Waals surface area contributed by atoms with E-state index in [1.54, 1.807) is 50.2 Å². The molecule has 0 bridgehead atoms. The van der Waals surface area contributed by atoms with Crippen molar-refractivity contribution in [1.82, 2.24) is 15.0 Å². The predicted molar refractivity (Wildman–Crippen MR) is 265 cm³/mol. The van der Waals surface area contributed by atoms with E-state index in [0.29, 0.717) is 70.3 Å². The molecule has 1 heterocycles. The van der Waals surface area contributed by atoms with Gasteiger partial charge in [-0.2, -0.15) is 69.1 Å². The zero-order chi connectivity index (χ0) is 54.9. The highest BCUT2D eigenvalue weighted by Gasteiger charge is 2.26. The normalized spacial score (nSPS) is 12.7. The molecular weight excluding hydrogens is 1110 g/mol. The summed E-state index contributed by atoms with van der Waals surface area (Å²) in [4.78, 5) is 7.67. The predicted octanol–water partition coefficient (Wildman–Crippen LogP) is 7.10. The van der Waals surface area contributed by atoms with Crippen LogP contribution in [-0.4, -0.2) is 88.8 Å². The van der Waals surface area contributed by atoms with Gasteiger partial charge in [-0.1, -0.05) is 0 Å². The fraction of sp³-hybridized carbons (Fsp3) is 0.0488. The number of aromatic nitrogens is 3. The second-order valence-electron chi connectivity index (χ2n) is 15.4. The third kappa shape index (κ3) is 13.8. The van der Waals surface area contributed by atoms with Crippen molar-refractivity contribution < 1.29 is 73.8 Å². The number of azo groups is 2. The average Bonchev–Trinajstić information content (AvgIpc) is 3.29. The van der Waals surface area contributed by atoms with E-state index in [1.807, 2.05) is 9.44 Å². The molecule has 9 N–H and O–H groups in total. The number of rotatable bonds is 18.